The molecule has 2 aromatic rings. The van der Waals surface area contributed by atoms with Crippen LogP contribution in [-0.2, 0) is 16.6 Å². The predicted molar refractivity (Wildman–Crippen MR) is 69.7 cm³/mol. The summed E-state index contributed by atoms with van der Waals surface area (Å²) >= 11 is 5.66. The molecule has 0 spiro atoms. The van der Waals surface area contributed by atoms with Gasteiger partial charge in [-0.25, -0.2) is 18.1 Å². The second-order valence-corrected chi connectivity index (χ2v) is 5.78. The lowest BCUT2D eigenvalue weighted by Gasteiger charge is -2.06. The Bertz CT molecular complexity index is 630. The predicted octanol–water partition coefficient (Wildman–Crippen LogP) is 2.21. The maximum absolute atomic E-state index is 12.0. The summed E-state index contributed by atoms with van der Waals surface area (Å²) in [6, 6.07) is 12.0. The van der Waals surface area contributed by atoms with Crippen LogP contribution >= 0.6 is 11.6 Å². The zero-order valence-corrected chi connectivity index (χ0v) is 10.9. The first-order chi connectivity index (χ1) is 8.58. The van der Waals surface area contributed by atoms with Crippen LogP contribution in [-0.4, -0.2) is 13.4 Å². The lowest BCUT2D eigenvalue weighted by molar-refractivity contribution is 0.581. The highest BCUT2D eigenvalue weighted by molar-refractivity contribution is 7.89. The SMILES string of the molecule is O=S(=O)(NCc1ccccc1)c1ccnc(Cl)c1. The van der Waals surface area contributed by atoms with Crippen molar-refractivity contribution in [1.29, 1.82) is 0 Å². The molecule has 1 N–H and O–H groups in total. The molecule has 4 nitrogen and oxygen atoms in total. The third kappa shape index (κ3) is 3.29. The summed E-state index contributed by atoms with van der Waals surface area (Å²) in [7, 11) is -3.56. The van der Waals surface area contributed by atoms with Gasteiger partial charge < -0.3 is 0 Å². The number of halogens is 1. The smallest absolute Gasteiger partial charge is 0.241 e. The largest absolute Gasteiger partial charge is 0.244 e. The van der Waals surface area contributed by atoms with Gasteiger partial charge in [0.15, 0.2) is 0 Å². The van der Waals surface area contributed by atoms with Crippen molar-refractivity contribution >= 4 is 21.6 Å². The maximum atomic E-state index is 12.0. The number of sulfonamides is 1. The fourth-order valence-corrected chi connectivity index (χ4v) is 2.68. The number of rotatable bonds is 4. The van der Waals surface area contributed by atoms with Crippen LogP contribution in [0.3, 0.4) is 0 Å². The van der Waals surface area contributed by atoms with Crippen molar-refractivity contribution in [3.05, 3.63) is 59.4 Å². The molecular weight excluding hydrogens is 272 g/mol. The highest BCUT2D eigenvalue weighted by Gasteiger charge is 2.13. The van der Waals surface area contributed by atoms with Crippen LogP contribution in [0, 0.1) is 0 Å². The topological polar surface area (TPSA) is 59.1 Å². The molecule has 6 heteroatoms. The summed E-state index contributed by atoms with van der Waals surface area (Å²) in [6.07, 6.45) is 1.36. The van der Waals surface area contributed by atoms with Gasteiger partial charge in [0.05, 0.1) is 4.90 Å². The fourth-order valence-electron chi connectivity index (χ4n) is 1.41. The van der Waals surface area contributed by atoms with Gasteiger partial charge >= 0.3 is 0 Å². The van der Waals surface area contributed by atoms with Crippen molar-refractivity contribution in [2.45, 2.75) is 11.4 Å². The molecule has 1 aromatic heterocycles. The van der Waals surface area contributed by atoms with Crippen LogP contribution < -0.4 is 4.72 Å². The Hall–Kier alpha value is -1.43. The Morgan fingerprint density at radius 3 is 2.56 bits per heavy atom. The number of hydrogen-bond acceptors (Lipinski definition) is 3. The van der Waals surface area contributed by atoms with Crippen molar-refractivity contribution in [3.8, 4) is 0 Å². The summed E-state index contributed by atoms with van der Waals surface area (Å²) in [5.41, 5.74) is 0.890. The van der Waals surface area contributed by atoms with Gasteiger partial charge in [-0.15, -0.1) is 0 Å². The van der Waals surface area contributed by atoms with E-state index in [0.717, 1.165) is 5.56 Å². The molecule has 0 amide bonds. The quantitative estimate of drug-likeness (QED) is 0.875. The fraction of sp³-hybridized carbons (Fsp3) is 0.0833. The summed E-state index contributed by atoms with van der Waals surface area (Å²) < 4.78 is 26.4. The number of pyridine rings is 1. The molecular formula is C12H11ClN2O2S. The lowest BCUT2D eigenvalue weighted by Crippen LogP contribution is -2.23. The molecule has 0 fully saturated rings. The number of benzene rings is 1. The van der Waals surface area contributed by atoms with Crippen LogP contribution in [0.1, 0.15) is 5.56 Å². The monoisotopic (exact) mass is 282 g/mol. The second-order valence-electron chi connectivity index (χ2n) is 3.62. The highest BCUT2D eigenvalue weighted by atomic mass is 35.5. The van der Waals surface area contributed by atoms with Gasteiger partial charge in [-0.2, -0.15) is 0 Å². The van der Waals surface area contributed by atoms with Gasteiger partial charge in [-0.1, -0.05) is 41.9 Å². The van der Waals surface area contributed by atoms with E-state index in [4.69, 9.17) is 11.6 Å². The van der Waals surface area contributed by atoms with E-state index in [9.17, 15) is 8.42 Å². The zero-order chi connectivity index (χ0) is 13.0. The molecule has 0 unspecified atom stereocenters. The van der Waals surface area contributed by atoms with Crippen molar-refractivity contribution in [3.63, 3.8) is 0 Å². The van der Waals surface area contributed by atoms with E-state index >= 15 is 0 Å². The molecule has 18 heavy (non-hydrogen) atoms. The van der Waals surface area contributed by atoms with E-state index in [1.807, 2.05) is 30.3 Å². The van der Waals surface area contributed by atoms with Crippen LogP contribution in [0.2, 0.25) is 5.15 Å². The van der Waals surface area contributed by atoms with Gasteiger partial charge in [0.1, 0.15) is 5.15 Å². The molecule has 0 atom stereocenters. The highest BCUT2D eigenvalue weighted by Crippen LogP contribution is 2.13. The van der Waals surface area contributed by atoms with E-state index in [1.54, 1.807) is 0 Å². The molecule has 2 rings (SSSR count). The second kappa shape index (κ2) is 5.48. The molecule has 1 aromatic carbocycles. The average Bonchev–Trinajstić information content (AvgIpc) is 2.38. The van der Waals surface area contributed by atoms with Gasteiger partial charge in [-0.05, 0) is 17.7 Å². The summed E-state index contributed by atoms with van der Waals surface area (Å²) in [6.45, 7) is 0.239. The number of nitrogens with one attached hydrogen (secondary N) is 1. The van der Waals surface area contributed by atoms with Crippen LogP contribution in [0.25, 0.3) is 0 Å². The first-order valence-corrected chi connectivity index (χ1v) is 7.09. The number of aromatic nitrogens is 1. The molecule has 0 saturated heterocycles. The Kier molecular flexibility index (Phi) is 3.96. The van der Waals surface area contributed by atoms with E-state index in [2.05, 4.69) is 9.71 Å². The minimum absolute atomic E-state index is 0.110. The average molecular weight is 283 g/mol. The van der Waals surface area contributed by atoms with Crippen molar-refractivity contribution < 1.29 is 8.42 Å². The molecule has 0 bridgehead atoms. The normalized spacial score (nSPS) is 11.4. The molecule has 1 heterocycles. The Labute approximate surface area is 111 Å². The molecule has 94 valence electrons. The standard InChI is InChI=1S/C12H11ClN2O2S/c13-12-8-11(6-7-14-12)18(16,17)15-9-10-4-2-1-3-5-10/h1-8,15H,9H2. The minimum Gasteiger partial charge on any atom is -0.244 e. The Morgan fingerprint density at radius 2 is 1.89 bits per heavy atom. The van der Waals surface area contributed by atoms with E-state index < -0.39 is 10.0 Å². The molecule has 0 radical (unpaired) electrons. The first kappa shape index (κ1) is 13.0. The van der Waals surface area contributed by atoms with Gasteiger partial charge in [0.2, 0.25) is 10.0 Å². The van der Waals surface area contributed by atoms with Gasteiger partial charge in [0.25, 0.3) is 0 Å². The van der Waals surface area contributed by atoms with Crippen LogP contribution in [0.4, 0.5) is 0 Å². The van der Waals surface area contributed by atoms with Crippen molar-refractivity contribution in [2.24, 2.45) is 0 Å². The lowest BCUT2D eigenvalue weighted by atomic mass is 10.2. The number of nitrogens with zero attached hydrogens (tertiary/aromatic N) is 1. The first-order valence-electron chi connectivity index (χ1n) is 5.23. The third-order valence-corrected chi connectivity index (χ3v) is 3.92. The summed E-state index contributed by atoms with van der Waals surface area (Å²) in [5, 5.41) is 0.151. The number of hydrogen-bond donors (Lipinski definition) is 1. The third-order valence-electron chi connectivity index (χ3n) is 2.32. The minimum atomic E-state index is -3.56. The molecule has 0 aliphatic carbocycles. The van der Waals surface area contributed by atoms with E-state index in [-0.39, 0.29) is 16.6 Å². The van der Waals surface area contributed by atoms with Crippen LogP contribution in [0.5, 0.6) is 0 Å². The Morgan fingerprint density at radius 1 is 1.17 bits per heavy atom. The molecule has 0 aliphatic rings. The maximum Gasteiger partial charge on any atom is 0.241 e. The summed E-state index contributed by atoms with van der Waals surface area (Å²) in [5.74, 6) is 0. The van der Waals surface area contributed by atoms with E-state index in [1.165, 1.54) is 18.3 Å². The van der Waals surface area contributed by atoms with Gasteiger partial charge in [-0.3, -0.25) is 0 Å². The van der Waals surface area contributed by atoms with Crippen molar-refractivity contribution in [1.82, 2.24) is 9.71 Å². The van der Waals surface area contributed by atoms with Crippen molar-refractivity contribution in [2.75, 3.05) is 0 Å². The molecule has 0 aliphatic heterocycles. The van der Waals surface area contributed by atoms with Crippen LogP contribution in [0.15, 0.2) is 53.6 Å². The van der Waals surface area contributed by atoms with E-state index in [0.29, 0.717) is 0 Å². The Balaban J connectivity index is 2.13. The summed E-state index contributed by atoms with van der Waals surface area (Å²) in [4.78, 5) is 3.85. The molecule has 0 saturated carbocycles. The zero-order valence-electron chi connectivity index (χ0n) is 9.38. The van der Waals surface area contributed by atoms with Gasteiger partial charge in [0, 0.05) is 12.7 Å².